The quantitative estimate of drug-likeness (QED) is 0.817. The second kappa shape index (κ2) is 5.81. The van der Waals surface area contributed by atoms with Gasteiger partial charge in [0.1, 0.15) is 0 Å². The number of benzene rings is 1. The van der Waals surface area contributed by atoms with Crippen molar-refractivity contribution in [1.82, 2.24) is 10.2 Å². The highest BCUT2D eigenvalue weighted by Crippen LogP contribution is 2.39. The Morgan fingerprint density at radius 3 is 2.32 bits per heavy atom. The molecule has 1 aromatic carbocycles. The highest BCUT2D eigenvalue weighted by Gasteiger charge is 2.29. The molecular formula is C10H5Cl4N3OS. The molecule has 0 unspecified atom stereocenters. The summed E-state index contributed by atoms with van der Waals surface area (Å²) in [7, 11) is 0. The fourth-order valence-electron chi connectivity index (χ4n) is 1.15. The first-order chi connectivity index (χ1) is 8.86. The molecule has 0 aliphatic heterocycles. The lowest BCUT2D eigenvalue weighted by Gasteiger charge is -2.03. The second-order valence-corrected chi connectivity index (χ2v) is 7.07. The van der Waals surface area contributed by atoms with E-state index in [0.717, 1.165) is 11.3 Å². The largest absolute Gasteiger partial charge is 0.320 e. The smallest absolute Gasteiger partial charge is 0.286 e. The zero-order valence-corrected chi connectivity index (χ0v) is 12.9. The SMILES string of the molecule is O=C(Nc1ccc(Cl)cc1)c1nnc(C(Cl)(Cl)Cl)s1. The summed E-state index contributed by atoms with van der Waals surface area (Å²) in [6.45, 7) is 0. The van der Waals surface area contributed by atoms with E-state index < -0.39 is 9.70 Å². The van der Waals surface area contributed by atoms with Gasteiger partial charge in [-0.1, -0.05) is 57.7 Å². The molecule has 19 heavy (non-hydrogen) atoms. The normalized spacial score (nSPS) is 11.4. The van der Waals surface area contributed by atoms with Crippen LogP contribution in [0.5, 0.6) is 0 Å². The van der Waals surface area contributed by atoms with Crippen LogP contribution in [0.1, 0.15) is 14.8 Å². The van der Waals surface area contributed by atoms with Crippen LogP contribution in [0.2, 0.25) is 5.02 Å². The molecule has 1 heterocycles. The number of nitrogens with one attached hydrogen (secondary N) is 1. The van der Waals surface area contributed by atoms with Crippen LogP contribution in [0.25, 0.3) is 0 Å². The molecule has 1 amide bonds. The number of hydrogen-bond donors (Lipinski definition) is 1. The Labute approximate surface area is 132 Å². The third-order valence-corrected chi connectivity index (χ3v) is 4.13. The Bertz CT molecular complexity index is 594. The lowest BCUT2D eigenvalue weighted by atomic mass is 10.3. The van der Waals surface area contributed by atoms with Crippen molar-refractivity contribution in [3.63, 3.8) is 0 Å². The summed E-state index contributed by atoms with van der Waals surface area (Å²) in [5, 5.41) is 10.8. The summed E-state index contributed by atoms with van der Waals surface area (Å²) < 4.78 is -1.68. The Kier molecular flexibility index (Phi) is 4.53. The van der Waals surface area contributed by atoms with E-state index in [1.54, 1.807) is 24.3 Å². The average Bonchev–Trinajstić information content (AvgIpc) is 2.81. The molecule has 100 valence electrons. The Hall–Kier alpha value is -0.590. The predicted molar refractivity (Wildman–Crippen MR) is 78.6 cm³/mol. The fraction of sp³-hybridized carbons (Fsp3) is 0.100. The van der Waals surface area contributed by atoms with Gasteiger partial charge >= 0.3 is 0 Å². The molecule has 0 saturated heterocycles. The number of carbonyl (C=O) groups excluding carboxylic acids is 1. The Morgan fingerprint density at radius 2 is 1.79 bits per heavy atom. The number of hydrogen-bond acceptors (Lipinski definition) is 4. The first-order valence-electron chi connectivity index (χ1n) is 4.84. The molecule has 0 aliphatic rings. The van der Waals surface area contributed by atoms with Crippen molar-refractivity contribution >= 4 is 69.3 Å². The lowest BCUT2D eigenvalue weighted by molar-refractivity contribution is 0.102. The highest BCUT2D eigenvalue weighted by atomic mass is 35.6. The Morgan fingerprint density at radius 1 is 1.16 bits per heavy atom. The summed E-state index contributed by atoms with van der Waals surface area (Å²) in [6.07, 6.45) is 0. The molecule has 0 aliphatic carbocycles. The third-order valence-electron chi connectivity index (χ3n) is 1.96. The first-order valence-corrected chi connectivity index (χ1v) is 7.17. The molecular weight excluding hydrogens is 352 g/mol. The average molecular weight is 357 g/mol. The van der Waals surface area contributed by atoms with Crippen molar-refractivity contribution in [3.8, 4) is 0 Å². The molecule has 1 N–H and O–H groups in total. The second-order valence-electron chi connectivity index (χ2n) is 3.37. The Balaban J connectivity index is 2.12. The number of alkyl halides is 3. The highest BCUT2D eigenvalue weighted by molar-refractivity contribution is 7.14. The van der Waals surface area contributed by atoms with Crippen molar-refractivity contribution < 1.29 is 4.79 Å². The van der Waals surface area contributed by atoms with Gasteiger partial charge < -0.3 is 5.32 Å². The number of amides is 1. The topological polar surface area (TPSA) is 54.9 Å². The van der Waals surface area contributed by atoms with Crippen LogP contribution in [0.3, 0.4) is 0 Å². The third kappa shape index (κ3) is 3.94. The summed E-state index contributed by atoms with van der Waals surface area (Å²) in [5.74, 6) is -0.430. The van der Waals surface area contributed by atoms with Crippen molar-refractivity contribution in [2.75, 3.05) is 5.32 Å². The summed E-state index contributed by atoms with van der Waals surface area (Å²) in [6, 6.07) is 6.64. The first kappa shape index (κ1) is 14.8. The lowest BCUT2D eigenvalue weighted by Crippen LogP contribution is -2.11. The van der Waals surface area contributed by atoms with E-state index in [2.05, 4.69) is 15.5 Å². The maximum atomic E-state index is 11.9. The standard InChI is InChI=1S/C10H5Cl4N3OS/c11-5-1-3-6(4-2-5)15-7(18)8-16-17-9(19-8)10(12,13)14/h1-4H,(H,15,18). The fourth-order valence-corrected chi connectivity index (χ4v) is 2.34. The van der Waals surface area contributed by atoms with Crippen molar-refractivity contribution in [2.24, 2.45) is 0 Å². The summed E-state index contributed by atoms with van der Waals surface area (Å²) in [4.78, 5) is 11.9. The molecule has 0 radical (unpaired) electrons. The summed E-state index contributed by atoms with van der Waals surface area (Å²) >= 11 is 23.6. The zero-order chi connectivity index (χ0) is 14.0. The van der Waals surface area contributed by atoms with Crippen molar-refractivity contribution in [3.05, 3.63) is 39.3 Å². The van der Waals surface area contributed by atoms with Crippen LogP contribution >= 0.6 is 57.7 Å². The van der Waals surface area contributed by atoms with E-state index in [-0.39, 0.29) is 10.0 Å². The van der Waals surface area contributed by atoms with E-state index in [0.29, 0.717) is 10.7 Å². The van der Waals surface area contributed by atoms with Crippen molar-refractivity contribution in [2.45, 2.75) is 3.79 Å². The van der Waals surface area contributed by atoms with Gasteiger partial charge in [0.15, 0.2) is 5.01 Å². The van der Waals surface area contributed by atoms with Gasteiger partial charge in [0, 0.05) is 10.7 Å². The number of rotatable bonds is 2. The molecule has 1 aromatic heterocycles. The van der Waals surface area contributed by atoms with E-state index in [1.165, 1.54) is 0 Å². The van der Waals surface area contributed by atoms with Crippen LogP contribution in [-0.2, 0) is 3.79 Å². The van der Waals surface area contributed by atoms with Gasteiger partial charge in [-0.05, 0) is 24.3 Å². The maximum absolute atomic E-state index is 11.9. The van der Waals surface area contributed by atoms with E-state index >= 15 is 0 Å². The molecule has 0 fully saturated rings. The number of aromatic nitrogens is 2. The van der Waals surface area contributed by atoms with Gasteiger partial charge in [0.25, 0.3) is 5.91 Å². The zero-order valence-electron chi connectivity index (χ0n) is 9.03. The van der Waals surface area contributed by atoms with Gasteiger partial charge in [-0.25, -0.2) is 0 Å². The van der Waals surface area contributed by atoms with Crippen LogP contribution in [-0.4, -0.2) is 16.1 Å². The van der Waals surface area contributed by atoms with E-state index in [1.807, 2.05) is 0 Å². The summed E-state index contributed by atoms with van der Waals surface area (Å²) in [5.41, 5.74) is 0.583. The van der Waals surface area contributed by atoms with Crippen LogP contribution in [0.4, 0.5) is 5.69 Å². The van der Waals surface area contributed by atoms with Gasteiger partial charge in [0.05, 0.1) is 0 Å². The minimum atomic E-state index is -1.68. The number of anilines is 1. The molecule has 4 nitrogen and oxygen atoms in total. The van der Waals surface area contributed by atoms with E-state index in [4.69, 9.17) is 46.4 Å². The predicted octanol–water partition coefficient (Wildman–Crippen LogP) is 4.27. The minimum absolute atomic E-state index is 0.108. The van der Waals surface area contributed by atoms with Gasteiger partial charge in [-0.3, -0.25) is 4.79 Å². The monoisotopic (exact) mass is 355 g/mol. The molecule has 0 bridgehead atoms. The van der Waals surface area contributed by atoms with Crippen LogP contribution in [0.15, 0.2) is 24.3 Å². The molecule has 2 rings (SSSR count). The van der Waals surface area contributed by atoms with Crippen LogP contribution < -0.4 is 5.32 Å². The van der Waals surface area contributed by atoms with Crippen molar-refractivity contribution in [1.29, 1.82) is 0 Å². The van der Waals surface area contributed by atoms with Gasteiger partial charge in [0.2, 0.25) is 8.80 Å². The molecule has 0 saturated carbocycles. The molecule has 9 heteroatoms. The van der Waals surface area contributed by atoms with Gasteiger partial charge in [-0.2, -0.15) is 0 Å². The molecule has 0 spiro atoms. The molecule has 2 aromatic rings. The number of carbonyl (C=O) groups is 1. The number of nitrogens with zero attached hydrogens (tertiary/aromatic N) is 2. The van der Waals surface area contributed by atoms with E-state index in [9.17, 15) is 4.79 Å². The minimum Gasteiger partial charge on any atom is -0.320 e. The van der Waals surface area contributed by atoms with Crippen LogP contribution in [0, 0.1) is 0 Å². The maximum Gasteiger partial charge on any atom is 0.286 e. The van der Waals surface area contributed by atoms with Gasteiger partial charge in [-0.15, -0.1) is 10.2 Å². The molecule has 0 atom stereocenters. The number of halogens is 4.